The minimum atomic E-state index is -0.216. The van der Waals surface area contributed by atoms with E-state index in [2.05, 4.69) is 20.2 Å². The van der Waals surface area contributed by atoms with Crippen molar-refractivity contribution in [3.05, 3.63) is 77.1 Å². The second-order valence-electron chi connectivity index (χ2n) is 6.53. The maximum atomic E-state index is 12.4. The molecule has 0 saturated carbocycles. The van der Waals surface area contributed by atoms with Crippen molar-refractivity contribution >= 4 is 11.7 Å². The summed E-state index contributed by atoms with van der Waals surface area (Å²) < 4.78 is 5.48. The van der Waals surface area contributed by atoms with Gasteiger partial charge >= 0.3 is 0 Å². The molecule has 0 aromatic carbocycles. The molecule has 3 aromatic heterocycles. The van der Waals surface area contributed by atoms with E-state index in [0.29, 0.717) is 12.3 Å². The van der Waals surface area contributed by atoms with E-state index >= 15 is 0 Å². The van der Waals surface area contributed by atoms with Gasteiger partial charge in [0.05, 0.1) is 0 Å². The topological polar surface area (TPSA) is 71.3 Å². The van der Waals surface area contributed by atoms with Gasteiger partial charge < -0.3 is 14.6 Å². The molecule has 6 heteroatoms. The zero-order chi connectivity index (χ0) is 19.2. The molecule has 0 radical (unpaired) electrons. The van der Waals surface area contributed by atoms with Crippen molar-refractivity contribution in [2.75, 3.05) is 18.5 Å². The molecular formula is C21H24N4O2. The Kier molecular flexibility index (Phi) is 5.86. The zero-order valence-corrected chi connectivity index (χ0v) is 15.9. The number of carbonyl (C=O) groups is 1. The second kappa shape index (κ2) is 8.49. The SMILES string of the molecule is Cc1cc(C)c(C(=O)NCc2cccnc2N(C)CCc2ccccn2)o1. The van der Waals surface area contributed by atoms with Crippen LogP contribution in [0.2, 0.25) is 0 Å². The standard InChI is InChI=1S/C21H24N4O2/c1-15-13-16(2)27-19(15)21(26)24-14-17-7-6-11-23-20(17)25(3)12-9-18-8-4-5-10-22-18/h4-8,10-11,13H,9,12,14H2,1-3H3,(H,24,26). The number of amides is 1. The number of nitrogens with zero attached hydrogens (tertiary/aromatic N) is 3. The fourth-order valence-corrected chi connectivity index (χ4v) is 2.97. The summed E-state index contributed by atoms with van der Waals surface area (Å²) in [7, 11) is 2.00. The zero-order valence-electron chi connectivity index (χ0n) is 15.9. The van der Waals surface area contributed by atoms with Gasteiger partial charge in [-0.05, 0) is 38.1 Å². The van der Waals surface area contributed by atoms with Crippen LogP contribution in [-0.4, -0.2) is 29.5 Å². The number of furan rings is 1. The van der Waals surface area contributed by atoms with Crippen molar-refractivity contribution in [1.29, 1.82) is 0 Å². The Morgan fingerprint density at radius 1 is 1.15 bits per heavy atom. The van der Waals surface area contributed by atoms with E-state index < -0.39 is 0 Å². The van der Waals surface area contributed by atoms with Crippen molar-refractivity contribution in [1.82, 2.24) is 15.3 Å². The molecule has 3 heterocycles. The van der Waals surface area contributed by atoms with Crippen LogP contribution in [0.4, 0.5) is 5.82 Å². The molecule has 3 rings (SSSR count). The molecule has 0 aliphatic carbocycles. The largest absolute Gasteiger partial charge is 0.456 e. The monoisotopic (exact) mass is 364 g/mol. The van der Waals surface area contributed by atoms with E-state index in [1.807, 2.05) is 57.3 Å². The molecule has 27 heavy (non-hydrogen) atoms. The van der Waals surface area contributed by atoms with Crippen LogP contribution in [0.25, 0.3) is 0 Å². The maximum Gasteiger partial charge on any atom is 0.287 e. The van der Waals surface area contributed by atoms with Gasteiger partial charge in [0.1, 0.15) is 11.6 Å². The highest BCUT2D eigenvalue weighted by molar-refractivity contribution is 5.92. The molecule has 0 aliphatic rings. The lowest BCUT2D eigenvalue weighted by atomic mass is 10.2. The number of aryl methyl sites for hydroxylation is 2. The van der Waals surface area contributed by atoms with Crippen LogP contribution in [0.15, 0.2) is 53.2 Å². The predicted octanol–water partition coefficient (Wildman–Crippen LogP) is 3.30. The normalized spacial score (nSPS) is 10.6. The van der Waals surface area contributed by atoms with Gasteiger partial charge in [0.25, 0.3) is 5.91 Å². The molecule has 3 aromatic rings. The summed E-state index contributed by atoms with van der Waals surface area (Å²) in [5, 5.41) is 2.93. The van der Waals surface area contributed by atoms with Crippen LogP contribution in [0.3, 0.4) is 0 Å². The van der Waals surface area contributed by atoms with Gasteiger partial charge in [-0.1, -0.05) is 12.1 Å². The first-order valence-corrected chi connectivity index (χ1v) is 8.95. The summed E-state index contributed by atoms with van der Waals surface area (Å²) in [5.74, 6) is 1.73. The van der Waals surface area contributed by atoms with Crippen LogP contribution in [0.1, 0.15) is 33.1 Å². The van der Waals surface area contributed by atoms with E-state index in [1.165, 1.54) is 0 Å². The molecule has 0 saturated heterocycles. The van der Waals surface area contributed by atoms with E-state index in [0.717, 1.165) is 41.4 Å². The third kappa shape index (κ3) is 4.73. The minimum Gasteiger partial charge on any atom is -0.456 e. The number of anilines is 1. The highest BCUT2D eigenvalue weighted by Gasteiger charge is 2.15. The second-order valence-corrected chi connectivity index (χ2v) is 6.53. The molecule has 1 amide bonds. The molecule has 0 unspecified atom stereocenters. The number of hydrogen-bond acceptors (Lipinski definition) is 5. The van der Waals surface area contributed by atoms with Crippen LogP contribution in [0, 0.1) is 13.8 Å². The minimum absolute atomic E-state index is 0.216. The summed E-state index contributed by atoms with van der Waals surface area (Å²) in [5.41, 5.74) is 2.83. The number of hydrogen-bond donors (Lipinski definition) is 1. The van der Waals surface area contributed by atoms with Crippen LogP contribution in [0.5, 0.6) is 0 Å². The number of nitrogens with one attached hydrogen (secondary N) is 1. The molecule has 0 bridgehead atoms. The van der Waals surface area contributed by atoms with E-state index in [9.17, 15) is 4.79 Å². The molecule has 0 atom stereocenters. The quantitative estimate of drug-likeness (QED) is 0.696. The summed E-state index contributed by atoms with van der Waals surface area (Å²) >= 11 is 0. The molecular weight excluding hydrogens is 340 g/mol. The van der Waals surface area contributed by atoms with Gasteiger partial charge in [0, 0.05) is 55.8 Å². The van der Waals surface area contributed by atoms with Crippen molar-refractivity contribution in [2.45, 2.75) is 26.8 Å². The molecule has 0 aliphatic heterocycles. The summed E-state index contributed by atoms with van der Waals surface area (Å²) in [6.07, 6.45) is 4.39. The Hall–Kier alpha value is -3.15. The van der Waals surface area contributed by atoms with Gasteiger partial charge in [-0.15, -0.1) is 0 Å². The molecule has 6 nitrogen and oxygen atoms in total. The average molecular weight is 364 g/mol. The van der Waals surface area contributed by atoms with E-state index in [-0.39, 0.29) is 5.91 Å². The molecule has 1 N–H and O–H groups in total. The summed E-state index contributed by atoms with van der Waals surface area (Å²) in [4.78, 5) is 23.3. The summed E-state index contributed by atoms with van der Waals surface area (Å²) in [6.45, 7) is 4.87. The third-order valence-corrected chi connectivity index (χ3v) is 4.35. The average Bonchev–Trinajstić information content (AvgIpc) is 3.03. The number of pyridine rings is 2. The Morgan fingerprint density at radius 2 is 1.96 bits per heavy atom. The first-order chi connectivity index (χ1) is 13.0. The Labute approximate surface area is 159 Å². The Bertz CT molecular complexity index is 906. The van der Waals surface area contributed by atoms with Crippen LogP contribution >= 0.6 is 0 Å². The van der Waals surface area contributed by atoms with Gasteiger partial charge in [-0.25, -0.2) is 4.98 Å². The van der Waals surface area contributed by atoms with Crippen LogP contribution in [-0.2, 0) is 13.0 Å². The number of likely N-dealkylation sites (N-methyl/N-ethyl adjacent to an activating group) is 1. The third-order valence-electron chi connectivity index (χ3n) is 4.35. The maximum absolute atomic E-state index is 12.4. The Balaban J connectivity index is 1.64. The fourth-order valence-electron chi connectivity index (χ4n) is 2.97. The van der Waals surface area contributed by atoms with Crippen molar-refractivity contribution < 1.29 is 9.21 Å². The van der Waals surface area contributed by atoms with Crippen molar-refractivity contribution in [2.24, 2.45) is 0 Å². The summed E-state index contributed by atoms with van der Waals surface area (Å²) in [6, 6.07) is 11.6. The van der Waals surface area contributed by atoms with Crippen molar-refractivity contribution in [3.63, 3.8) is 0 Å². The number of rotatable bonds is 7. The van der Waals surface area contributed by atoms with Gasteiger partial charge in [0.15, 0.2) is 5.76 Å². The number of carbonyl (C=O) groups excluding carboxylic acids is 1. The lowest BCUT2D eigenvalue weighted by molar-refractivity contribution is 0.0921. The Morgan fingerprint density at radius 3 is 2.67 bits per heavy atom. The van der Waals surface area contributed by atoms with Gasteiger partial charge in [-0.3, -0.25) is 9.78 Å². The lowest BCUT2D eigenvalue weighted by Gasteiger charge is -2.21. The molecule has 0 fully saturated rings. The van der Waals surface area contributed by atoms with Crippen LogP contribution < -0.4 is 10.2 Å². The first kappa shape index (κ1) is 18.6. The highest BCUT2D eigenvalue weighted by Crippen LogP contribution is 2.17. The molecule has 140 valence electrons. The van der Waals surface area contributed by atoms with Gasteiger partial charge in [-0.2, -0.15) is 0 Å². The fraction of sp³-hybridized carbons (Fsp3) is 0.286. The lowest BCUT2D eigenvalue weighted by Crippen LogP contribution is -2.27. The smallest absolute Gasteiger partial charge is 0.287 e. The number of aromatic nitrogens is 2. The van der Waals surface area contributed by atoms with Crippen molar-refractivity contribution in [3.8, 4) is 0 Å². The first-order valence-electron chi connectivity index (χ1n) is 8.95. The molecule has 0 spiro atoms. The van der Waals surface area contributed by atoms with E-state index in [1.54, 1.807) is 12.4 Å². The van der Waals surface area contributed by atoms with E-state index in [4.69, 9.17) is 4.42 Å². The predicted molar refractivity (Wildman–Crippen MR) is 105 cm³/mol. The highest BCUT2D eigenvalue weighted by atomic mass is 16.3. The van der Waals surface area contributed by atoms with Gasteiger partial charge in [0.2, 0.25) is 0 Å².